The number of carbonyl (C=O) groups is 1. The Labute approximate surface area is 107 Å². The number of hydrogen-bond donors (Lipinski definition) is 0. The van der Waals surface area contributed by atoms with Crippen LogP contribution in [0.4, 0.5) is 0 Å². The molecule has 0 heterocycles. The van der Waals surface area contributed by atoms with Gasteiger partial charge >= 0.3 is 0 Å². The summed E-state index contributed by atoms with van der Waals surface area (Å²) < 4.78 is 0. The summed E-state index contributed by atoms with van der Waals surface area (Å²) in [6.45, 7) is 0. The van der Waals surface area contributed by atoms with Gasteiger partial charge in [-0.2, -0.15) is 0 Å². The van der Waals surface area contributed by atoms with E-state index in [1.54, 1.807) is 0 Å². The van der Waals surface area contributed by atoms with E-state index in [-0.39, 0.29) is 0 Å². The first-order valence-corrected chi connectivity index (χ1v) is 6.46. The smallest absolute Gasteiger partial charge is 0.134 e. The van der Waals surface area contributed by atoms with E-state index >= 15 is 0 Å². The number of benzene rings is 2. The van der Waals surface area contributed by atoms with E-state index in [4.69, 9.17) is 0 Å². The maximum absolute atomic E-state index is 11.8. The van der Waals surface area contributed by atoms with Gasteiger partial charge in [0.05, 0.1) is 0 Å². The van der Waals surface area contributed by atoms with E-state index in [0.717, 1.165) is 0 Å². The zero-order chi connectivity index (χ0) is 12.4. The molecule has 0 N–H and O–H groups in total. The predicted molar refractivity (Wildman–Crippen MR) is 72.6 cm³/mol. The molecule has 3 rings (SSSR count). The molecule has 0 aliphatic heterocycles. The third-order valence-electron chi connectivity index (χ3n) is 3.84. The second-order valence-corrected chi connectivity index (χ2v) is 4.98. The Morgan fingerprint density at radius 3 is 1.44 bits per heavy atom. The van der Waals surface area contributed by atoms with Crippen LogP contribution < -0.4 is 0 Å². The Bertz CT molecular complexity index is 481. The van der Waals surface area contributed by atoms with Crippen LogP contribution in [0.1, 0.15) is 35.8 Å². The highest BCUT2D eigenvalue weighted by Crippen LogP contribution is 2.43. The van der Waals surface area contributed by atoms with Crippen molar-refractivity contribution < 1.29 is 4.79 Å². The summed E-state index contributed by atoms with van der Waals surface area (Å²) in [7, 11) is 0. The minimum Gasteiger partial charge on any atom is -0.300 e. The lowest BCUT2D eigenvalue weighted by Crippen LogP contribution is -2.04. The fourth-order valence-corrected chi connectivity index (χ4v) is 2.96. The summed E-state index contributed by atoms with van der Waals surface area (Å²) in [5, 5.41) is 0. The molecule has 0 bridgehead atoms. The van der Waals surface area contributed by atoms with Gasteiger partial charge < -0.3 is 0 Å². The summed E-state index contributed by atoms with van der Waals surface area (Å²) in [5.74, 6) is 1.08. The Hall–Kier alpha value is -1.89. The van der Waals surface area contributed by atoms with Crippen LogP contribution in [0.5, 0.6) is 0 Å². The molecular formula is C17H16O. The van der Waals surface area contributed by atoms with E-state index < -0.39 is 0 Å². The van der Waals surface area contributed by atoms with Crippen LogP contribution in [0, 0.1) is 0 Å². The van der Waals surface area contributed by atoms with Crippen molar-refractivity contribution in [2.24, 2.45) is 0 Å². The van der Waals surface area contributed by atoms with Crippen LogP contribution in [-0.4, -0.2) is 5.78 Å². The largest absolute Gasteiger partial charge is 0.300 e. The Morgan fingerprint density at radius 1 is 0.667 bits per heavy atom. The second kappa shape index (κ2) is 4.77. The van der Waals surface area contributed by atoms with E-state index in [1.165, 1.54) is 11.1 Å². The first kappa shape index (κ1) is 11.2. The first-order chi connectivity index (χ1) is 8.84. The third kappa shape index (κ3) is 2.08. The lowest BCUT2D eigenvalue weighted by molar-refractivity contribution is -0.117. The van der Waals surface area contributed by atoms with Crippen molar-refractivity contribution in [2.75, 3.05) is 0 Å². The van der Waals surface area contributed by atoms with Gasteiger partial charge in [-0.3, -0.25) is 4.79 Å². The summed E-state index contributed by atoms with van der Waals surface area (Å²) in [4.78, 5) is 11.8. The average molecular weight is 236 g/mol. The molecule has 1 saturated carbocycles. The third-order valence-corrected chi connectivity index (χ3v) is 3.84. The maximum Gasteiger partial charge on any atom is 0.134 e. The highest BCUT2D eigenvalue weighted by molar-refractivity contribution is 5.83. The molecule has 1 aliphatic rings. The molecule has 0 amide bonds. The number of Topliss-reactive ketones (excluding diaryl/α,β-unsaturated/α-hetero) is 1. The van der Waals surface area contributed by atoms with Gasteiger partial charge in [-0.15, -0.1) is 0 Å². The minimum absolute atomic E-state index is 0.348. The van der Waals surface area contributed by atoms with Gasteiger partial charge in [-0.05, 0) is 23.0 Å². The molecule has 0 saturated heterocycles. The fraction of sp³-hybridized carbons (Fsp3) is 0.235. The number of hydrogen-bond acceptors (Lipinski definition) is 1. The molecule has 1 heteroatoms. The van der Waals surface area contributed by atoms with Crippen LogP contribution in [0.25, 0.3) is 0 Å². The Morgan fingerprint density at radius 2 is 1.06 bits per heavy atom. The minimum atomic E-state index is 0.348. The van der Waals surface area contributed by atoms with Gasteiger partial charge in [0.1, 0.15) is 5.78 Å². The van der Waals surface area contributed by atoms with Gasteiger partial charge in [-0.1, -0.05) is 60.7 Å². The molecule has 1 aliphatic carbocycles. The molecule has 0 spiro atoms. The SMILES string of the molecule is O=C1C[C@H](c2ccccc2)[C@@H](c2ccccc2)C1. The van der Waals surface area contributed by atoms with Crippen molar-refractivity contribution in [2.45, 2.75) is 24.7 Å². The molecule has 1 nitrogen and oxygen atoms in total. The number of carbonyl (C=O) groups excluding carboxylic acids is 1. The summed E-state index contributed by atoms with van der Waals surface area (Å²) in [5.41, 5.74) is 2.58. The molecular weight excluding hydrogens is 220 g/mol. The molecule has 0 aromatic heterocycles. The van der Waals surface area contributed by atoms with Crippen LogP contribution in [0.2, 0.25) is 0 Å². The molecule has 90 valence electrons. The van der Waals surface area contributed by atoms with Crippen molar-refractivity contribution in [3.05, 3.63) is 71.8 Å². The van der Waals surface area contributed by atoms with Crippen LogP contribution in [0.3, 0.4) is 0 Å². The van der Waals surface area contributed by atoms with E-state index in [9.17, 15) is 4.79 Å². The zero-order valence-electron chi connectivity index (χ0n) is 10.3. The maximum atomic E-state index is 11.8. The lowest BCUT2D eigenvalue weighted by atomic mass is 9.84. The normalized spacial score (nSPS) is 23.2. The number of ketones is 1. The molecule has 0 unspecified atom stereocenters. The van der Waals surface area contributed by atoms with Crippen molar-refractivity contribution in [3.63, 3.8) is 0 Å². The van der Waals surface area contributed by atoms with Crippen molar-refractivity contribution in [3.8, 4) is 0 Å². The highest BCUT2D eigenvalue weighted by atomic mass is 16.1. The van der Waals surface area contributed by atoms with Gasteiger partial charge in [0.2, 0.25) is 0 Å². The van der Waals surface area contributed by atoms with Crippen LogP contribution >= 0.6 is 0 Å². The predicted octanol–water partition coefficient (Wildman–Crippen LogP) is 3.92. The quantitative estimate of drug-likeness (QED) is 0.772. The standard InChI is InChI=1S/C17H16O/c18-15-11-16(13-7-3-1-4-8-13)17(12-15)14-9-5-2-6-10-14/h1-10,16-17H,11-12H2/t16-,17-/m1/s1. The molecule has 2 aromatic carbocycles. The lowest BCUT2D eigenvalue weighted by Gasteiger charge is -2.19. The van der Waals surface area contributed by atoms with Crippen molar-refractivity contribution >= 4 is 5.78 Å². The topological polar surface area (TPSA) is 17.1 Å². The van der Waals surface area contributed by atoms with E-state index in [1.807, 2.05) is 12.1 Å². The van der Waals surface area contributed by atoms with Crippen molar-refractivity contribution in [1.29, 1.82) is 0 Å². The van der Waals surface area contributed by atoms with Crippen molar-refractivity contribution in [1.82, 2.24) is 0 Å². The molecule has 1 fully saturated rings. The van der Waals surface area contributed by atoms with Crippen LogP contribution in [0.15, 0.2) is 60.7 Å². The van der Waals surface area contributed by atoms with E-state index in [2.05, 4.69) is 48.5 Å². The van der Waals surface area contributed by atoms with Gasteiger partial charge in [0.25, 0.3) is 0 Å². The van der Waals surface area contributed by atoms with Crippen LogP contribution in [-0.2, 0) is 4.79 Å². The zero-order valence-corrected chi connectivity index (χ0v) is 10.3. The second-order valence-electron chi connectivity index (χ2n) is 4.98. The highest BCUT2D eigenvalue weighted by Gasteiger charge is 2.34. The van der Waals surface area contributed by atoms with Gasteiger partial charge in [0.15, 0.2) is 0 Å². The Kier molecular flexibility index (Phi) is 2.97. The number of rotatable bonds is 2. The van der Waals surface area contributed by atoms with Gasteiger partial charge in [-0.25, -0.2) is 0 Å². The Balaban J connectivity index is 1.96. The van der Waals surface area contributed by atoms with E-state index in [0.29, 0.717) is 30.5 Å². The molecule has 2 aromatic rings. The molecule has 18 heavy (non-hydrogen) atoms. The average Bonchev–Trinajstić information content (AvgIpc) is 2.83. The van der Waals surface area contributed by atoms with Gasteiger partial charge in [0, 0.05) is 12.8 Å². The fourth-order valence-electron chi connectivity index (χ4n) is 2.96. The summed E-state index contributed by atoms with van der Waals surface area (Å²) >= 11 is 0. The molecule has 2 atom stereocenters. The monoisotopic (exact) mass is 236 g/mol. The summed E-state index contributed by atoms with van der Waals surface area (Å²) in [6, 6.07) is 20.8. The summed E-state index contributed by atoms with van der Waals surface area (Å²) in [6.07, 6.45) is 1.37. The molecule has 0 radical (unpaired) electrons. The first-order valence-electron chi connectivity index (χ1n) is 6.46.